The number of benzene rings is 1. The zero-order valence-electron chi connectivity index (χ0n) is 11.0. The Labute approximate surface area is 131 Å². The van der Waals surface area contributed by atoms with Crippen LogP contribution in [0.15, 0.2) is 21.1 Å². The molecule has 0 spiro atoms. The average Bonchev–Trinajstić information content (AvgIpc) is 2.85. The molecule has 1 aromatic carbocycles. The minimum atomic E-state index is -0.111. The SMILES string of the molecule is COc1c(Br)cc(Br)cc1CNC1(CO)CCCC1. The van der Waals surface area contributed by atoms with E-state index in [4.69, 9.17) is 4.74 Å². The van der Waals surface area contributed by atoms with E-state index in [1.807, 2.05) is 6.07 Å². The van der Waals surface area contributed by atoms with Gasteiger partial charge in [0.15, 0.2) is 0 Å². The molecule has 2 N–H and O–H groups in total. The lowest BCUT2D eigenvalue weighted by atomic mass is 9.98. The lowest BCUT2D eigenvalue weighted by Crippen LogP contribution is -2.45. The van der Waals surface area contributed by atoms with Crippen molar-refractivity contribution < 1.29 is 9.84 Å². The Morgan fingerprint density at radius 3 is 2.58 bits per heavy atom. The highest BCUT2D eigenvalue weighted by Crippen LogP contribution is 2.34. The normalized spacial score (nSPS) is 17.7. The zero-order chi connectivity index (χ0) is 13.9. The molecule has 1 fully saturated rings. The van der Waals surface area contributed by atoms with E-state index in [0.717, 1.165) is 33.1 Å². The molecule has 1 aliphatic carbocycles. The third-order valence-corrected chi connectivity index (χ3v) is 4.85. The topological polar surface area (TPSA) is 41.5 Å². The van der Waals surface area contributed by atoms with Crippen LogP contribution in [0.3, 0.4) is 0 Å². The molecule has 106 valence electrons. The van der Waals surface area contributed by atoms with E-state index >= 15 is 0 Å². The third-order valence-electron chi connectivity index (χ3n) is 3.81. The molecule has 5 heteroatoms. The molecule has 0 saturated heterocycles. The van der Waals surface area contributed by atoms with Gasteiger partial charge >= 0.3 is 0 Å². The molecule has 0 aliphatic heterocycles. The Morgan fingerprint density at radius 1 is 1.32 bits per heavy atom. The van der Waals surface area contributed by atoms with Gasteiger partial charge in [0.05, 0.1) is 18.2 Å². The highest BCUT2D eigenvalue weighted by atomic mass is 79.9. The maximum Gasteiger partial charge on any atom is 0.137 e. The zero-order valence-corrected chi connectivity index (χ0v) is 14.2. The summed E-state index contributed by atoms with van der Waals surface area (Å²) in [6, 6.07) is 4.02. The molecule has 0 radical (unpaired) electrons. The first-order valence-electron chi connectivity index (χ1n) is 6.48. The maximum atomic E-state index is 9.62. The minimum Gasteiger partial charge on any atom is -0.495 e. The van der Waals surface area contributed by atoms with E-state index in [9.17, 15) is 5.11 Å². The highest BCUT2D eigenvalue weighted by Gasteiger charge is 2.32. The molecule has 0 aromatic heterocycles. The standard InChI is InChI=1S/C14H19Br2NO2/c1-19-13-10(6-11(15)7-12(13)16)8-17-14(9-18)4-2-3-5-14/h6-7,17-18H,2-5,8-9H2,1H3. The van der Waals surface area contributed by atoms with Crippen molar-refractivity contribution >= 4 is 31.9 Å². The summed E-state index contributed by atoms with van der Waals surface area (Å²) >= 11 is 7.01. The Balaban J connectivity index is 2.14. The third kappa shape index (κ3) is 3.51. The van der Waals surface area contributed by atoms with E-state index in [1.54, 1.807) is 7.11 Å². The summed E-state index contributed by atoms with van der Waals surface area (Å²) in [5.74, 6) is 0.849. The second-order valence-electron chi connectivity index (χ2n) is 5.08. The average molecular weight is 393 g/mol. The number of ether oxygens (including phenoxy) is 1. The number of nitrogens with one attached hydrogen (secondary N) is 1. The van der Waals surface area contributed by atoms with Crippen LogP contribution in [-0.2, 0) is 6.54 Å². The summed E-state index contributed by atoms with van der Waals surface area (Å²) in [5.41, 5.74) is 0.975. The van der Waals surface area contributed by atoms with Gasteiger partial charge in [0.1, 0.15) is 5.75 Å². The monoisotopic (exact) mass is 391 g/mol. The number of aliphatic hydroxyl groups is 1. The largest absolute Gasteiger partial charge is 0.495 e. The molecule has 1 aliphatic rings. The summed E-state index contributed by atoms with van der Waals surface area (Å²) in [7, 11) is 1.68. The van der Waals surface area contributed by atoms with Crippen LogP contribution in [0.4, 0.5) is 0 Å². The van der Waals surface area contributed by atoms with E-state index in [-0.39, 0.29) is 12.1 Å². The van der Waals surface area contributed by atoms with Gasteiger partial charge in [-0.3, -0.25) is 0 Å². The Bertz CT molecular complexity index is 445. The fourth-order valence-electron chi connectivity index (χ4n) is 2.70. The predicted octanol–water partition coefficient (Wildman–Crippen LogP) is 3.61. The van der Waals surface area contributed by atoms with Crippen LogP contribution in [0.25, 0.3) is 0 Å². The van der Waals surface area contributed by atoms with Gasteiger partial charge in [0.25, 0.3) is 0 Å². The summed E-state index contributed by atoms with van der Waals surface area (Å²) in [4.78, 5) is 0. The van der Waals surface area contributed by atoms with E-state index in [2.05, 4.69) is 43.2 Å². The molecule has 19 heavy (non-hydrogen) atoms. The molecule has 2 rings (SSSR count). The van der Waals surface area contributed by atoms with Gasteiger partial charge in [-0.25, -0.2) is 0 Å². The van der Waals surface area contributed by atoms with Crippen LogP contribution in [0.1, 0.15) is 31.2 Å². The second-order valence-corrected chi connectivity index (χ2v) is 6.85. The second kappa shape index (κ2) is 6.57. The van der Waals surface area contributed by atoms with Crippen molar-refractivity contribution in [2.45, 2.75) is 37.8 Å². The van der Waals surface area contributed by atoms with Gasteiger partial charge < -0.3 is 15.2 Å². The van der Waals surface area contributed by atoms with Gasteiger partial charge in [-0.05, 0) is 40.9 Å². The molecular formula is C14H19Br2NO2. The number of halogens is 2. The molecule has 0 unspecified atom stereocenters. The van der Waals surface area contributed by atoms with Crippen molar-refractivity contribution in [3.63, 3.8) is 0 Å². The Kier molecular flexibility index (Phi) is 5.29. The number of rotatable bonds is 5. The Hall–Kier alpha value is -0.100. The molecule has 3 nitrogen and oxygen atoms in total. The smallest absolute Gasteiger partial charge is 0.137 e. The maximum absolute atomic E-state index is 9.62. The van der Waals surface area contributed by atoms with Crippen molar-refractivity contribution in [2.75, 3.05) is 13.7 Å². The van der Waals surface area contributed by atoms with Crippen molar-refractivity contribution in [3.05, 3.63) is 26.6 Å². The van der Waals surface area contributed by atoms with Gasteiger partial charge in [0, 0.05) is 22.1 Å². The van der Waals surface area contributed by atoms with E-state index < -0.39 is 0 Å². The van der Waals surface area contributed by atoms with Crippen LogP contribution in [-0.4, -0.2) is 24.4 Å². The number of hydrogen-bond acceptors (Lipinski definition) is 3. The fraction of sp³-hybridized carbons (Fsp3) is 0.571. The first-order chi connectivity index (χ1) is 9.10. The Morgan fingerprint density at radius 2 is 2.00 bits per heavy atom. The molecular weight excluding hydrogens is 374 g/mol. The lowest BCUT2D eigenvalue weighted by molar-refractivity contribution is 0.162. The van der Waals surface area contributed by atoms with Gasteiger partial charge in [0.2, 0.25) is 0 Å². The fourth-order valence-corrected chi connectivity index (χ4v) is 4.17. The van der Waals surface area contributed by atoms with Gasteiger partial charge in [-0.1, -0.05) is 28.8 Å². The van der Waals surface area contributed by atoms with Crippen molar-refractivity contribution in [1.29, 1.82) is 0 Å². The number of aliphatic hydroxyl groups excluding tert-OH is 1. The lowest BCUT2D eigenvalue weighted by Gasteiger charge is -2.28. The number of hydrogen-bond donors (Lipinski definition) is 2. The summed E-state index contributed by atoms with van der Waals surface area (Å²) < 4.78 is 7.39. The number of methoxy groups -OCH3 is 1. The molecule has 1 aromatic rings. The van der Waals surface area contributed by atoms with Crippen molar-refractivity contribution in [2.24, 2.45) is 0 Å². The molecule has 1 saturated carbocycles. The van der Waals surface area contributed by atoms with Crippen molar-refractivity contribution in [1.82, 2.24) is 5.32 Å². The van der Waals surface area contributed by atoms with Gasteiger partial charge in [-0.15, -0.1) is 0 Å². The van der Waals surface area contributed by atoms with Crippen LogP contribution < -0.4 is 10.1 Å². The van der Waals surface area contributed by atoms with E-state index in [0.29, 0.717) is 6.54 Å². The van der Waals surface area contributed by atoms with Crippen LogP contribution in [0.5, 0.6) is 5.75 Å². The summed E-state index contributed by atoms with van der Waals surface area (Å²) in [6.45, 7) is 0.895. The minimum absolute atomic E-state index is 0.111. The predicted molar refractivity (Wildman–Crippen MR) is 83.5 cm³/mol. The molecule has 0 atom stereocenters. The highest BCUT2D eigenvalue weighted by molar-refractivity contribution is 9.11. The van der Waals surface area contributed by atoms with Crippen molar-refractivity contribution in [3.8, 4) is 5.75 Å². The van der Waals surface area contributed by atoms with E-state index in [1.165, 1.54) is 12.8 Å². The molecule has 0 amide bonds. The quantitative estimate of drug-likeness (QED) is 0.804. The summed E-state index contributed by atoms with van der Waals surface area (Å²) in [6.07, 6.45) is 4.46. The van der Waals surface area contributed by atoms with Gasteiger partial charge in [-0.2, -0.15) is 0 Å². The summed E-state index contributed by atoms with van der Waals surface area (Å²) in [5, 5.41) is 13.1. The first kappa shape index (κ1) is 15.3. The van der Waals surface area contributed by atoms with Crippen LogP contribution in [0.2, 0.25) is 0 Å². The first-order valence-corrected chi connectivity index (χ1v) is 8.07. The van der Waals surface area contributed by atoms with Crippen LogP contribution in [0, 0.1) is 0 Å². The molecule has 0 bridgehead atoms. The van der Waals surface area contributed by atoms with Crippen LogP contribution >= 0.6 is 31.9 Å². The molecule has 0 heterocycles.